The first-order valence-electron chi connectivity index (χ1n) is 13.0. The van der Waals surface area contributed by atoms with Crippen LogP contribution in [0.25, 0.3) is 0 Å². The van der Waals surface area contributed by atoms with E-state index in [9.17, 15) is 4.79 Å². The maximum Gasteiger partial charge on any atom is 0.254 e. The second kappa shape index (κ2) is 12.3. The van der Waals surface area contributed by atoms with Crippen molar-refractivity contribution in [2.75, 3.05) is 47.5 Å². The minimum absolute atomic E-state index is 0.119. The lowest BCUT2D eigenvalue weighted by molar-refractivity contribution is 0.0696. The van der Waals surface area contributed by atoms with Crippen LogP contribution in [0.4, 0.5) is 0 Å². The Labute approximate surface area is 210 Å². The quantitative estimate of drug-likeness (QED) is 0.425. The molecule has 190 valence electrons. The van der Waals surface area contributed by atoms with E-state index in [0.29, 0.717) is 17.5 Å². The highest BCUT2D eigenvalue weighted by molar-refractivity contribution is 5.97. The van der Waals surface area contributed by atoms with Crippen molar-refractivity contribution in [1.29, 1.82) is 0 Å². The lowest BCUT2D eigenvalue weighted by atomic mass is 9.95. The van der Waals surface area contributed by atoms with Gasteiger partial charge in [0, 0.05) is 24.7 Å². The molecule has 2 aliphatic rings. The van der Waals surface area contributed by atoms with Gasteiger partial charge in [-0.2, -0.15) is 0 Å². The van der Waals surface area contributed by atoms with E-state index in [0.717, 1.165) is 55.8 Å². The number of amides is 1. The van der Waals surface area contributed by atoms with Gasteiger partial charge < -0.3 is 24.0 Å². The van der Waals surface area contributed by atoms with E-state index in [1.807, 2.05) is 29.2 Å². The number of rotatable bonds is 11. The number of piperidine rings is 1. The minimum atomic E-state index is 0.119. The molecule has 2 aliphatic heterocycles. The van der Waals surface area contributed by atoms with Gasteiger partial charge in [0.25, 0.3) is 5.91 Å². The highest BCUT2D eigenvalue weighted by atomic mass is 16.5. The average Bonchev–Trinajstić information content (AvgIpc) is 2.91. The Morgan fingerprint density at radius 1 is 0.886 bits per heavy atom. The molecular formula is C29H40N2O4. The van der Waals surface area contributed by atoms with Crippen LogP contribution in [0.2, 0.25) is 0 Å². The lowest BCUT2D eigenvalue weighted by Gasteiger charge is -2.38. The van der Waals surface area contributed by atoms with E-state index in [1.165, 1.54) is 44.2 Å². The fourth-order valence-electron chi connectivity index (χ4n) is 5.49. The first-order chi connectivity index (χ1) is 17.1. The van der Waals surface area contributed by atoms with E-state index in [1.54, 1.807) is 21.3 Å². The fourth-order valence-corrected chi connectivity index (χ4v) is 5.49. The van der Waals surface area contributed by atoms with Gasteiger partial charge in [0.15, 0.2) is 11.5 Å². The number of nitrogens with zero attached hydrogens (tertiary/aromatic N) is 2. The molecule has 1 unspecified atom stereocenters. The van der Waals surface area contributed by atoms with Crippen LogP contribution < -0.4 is 14.2 Å². The first-order valence-corrected chi connectivity index (χ1v) is 13.0. The Morgan fingerprint density at radius 3 is 2.40 bits per heavy atom. The summed E-state index contributed by atoms with van der Waals surface area (Å²) in [7, 11) is 4.96. The number of carbonyl (C=O) groups excluding carboxylic acids is 1. The average molecular weight is 481 g/mol. The highest BCUT2D eigenvalue weighted by Gasteiger charge is 2.28. The van der Waals surface area contributed by atoms with Crippen molar-refractivity contribution < 1.29 is 19.0 Å². The number of fused-ring (bicyclic) bond motifs is 1. The SMILES string of the molecule is COc1ccc(CCCCN2CCCCC2CCN2CCc3cc(OC)c(OC)cc3C2=O)cc1. The summed E-state index contributed by atoms with van der Waals surface area (Å²) in [4.78, 5) is 17.9. The number of hydrogen-bond donors (Lipinski definition) is 0. The van der Waals surface area contributed by atoms with Crippen molar-refractivity contribution in [2.45, 2.75) is 57.4 Å². The van der Waals surface area contributed by atoms with Gasteiger partial charge in [-0.3, -0.25) is 4.79 Å². The molecule has 6 heteroatoms. The van der Waals surface area contributed by atoms with E-state index in [-0.39, 0.29) is 5.91 Å². The van der Waals surface area contributed by atoms with Crippen molar-refractivity contribution in [3.63, 3.8) is 0 Å². The molecule has 0 saturated carbocycles. The Hall–Kier alpha value is -2.73. The summed E-state index contributed by atoms with van der Waals surface area (Å²) in [6.07, 6.45) is 9.24. The van der Waals surface area contributed by atoms with Crippen LogP contribution in [0.3, 0.4) is 0 Å². The number of methoxy groups -OCH3 is 3. The highest BCUT2D eigenvalue weighted by Crippen LogP contribution is 2.33. The molecule has 2 aromatic rings. The smallest absolute Gasteiger partial charge is 0.254 e. The normalized spacial score (nSPS) is 18.3. The van der Waals surface area contributed by atoms with Crippen LogP contribution in [0.1, 0.15) is 60.0 Å². The summed E-state index contributed by atoms with van der Waals surface area (Å²) in [6.45, 7) is 3.92. The standard InChI is InChI=1S/C29H40N2O4/c1-33-25-12-10-22(11-13-25)8-4-6-16-30-17-7-5-9-24(30)15-19-31-18-14-23-20-27(34-2)28(35-3)21-26(23)29(31)32/h10-13,20-21,24H,4-9,14-19H2,1-3H3. The molecule has 1 amide bonds. The molecule has 4 rings (SSSR count). The summed E-state index contributed by atoms with van der Waals surface area (Å²) in [5.74, 6) is 2.35. The summed E-state index contributed by atoms with van der Waals surface area (Å²) in [6, 6.07) is 12.8. The molecule has 2 aromatic carbocycles. The number of ether oxygens (including phenoxy) is 3. The van der Waals surface area contributed by atoms with Crippen LogP contribution in [-0.4, -0.2) is 69.3 Å². The zero-order chi connectivity index (χ0) is 24.6. The Bertz CT molecular complexity index is 975. The van der Waals surface area contributed by atoms with Crippen molar-refractivity contribution in [1.82, 2.24) is 9.80 Å². The summed E-state index contributed by atoms with van der Waals surface area (Å²) in [5.41, 5.74) is 3.19. The van der Waals surface area contributed by atoms with E-state index in [4.69, 9.17) is 14.2 Å². The van der Waals surface area contributed by atoms with Crippen LogP contribution in [-0.2, 0) is 12.8 Å². The van der Waals surface area contributed by atoms with Gasteiger partial charge in [-0.25, -0.2) is 0 Å². The van der Waals surface area contributed by atoms with Gasteiger partial charge in [0.05, 0.1) is 21.3 Å². The zero-order valence-electron chi connectivity index (χ0n) is 21.6. The third-order valence-electron chi connectivity index (χ3n) is 7.58. The number of benzene rings is 2. The van der Waals surface area contributed by atoms with Crippen molar-refractivity contribution in [3.05, 3.63) is 53.1 Å². The molecule has 0 aromatic heterocycles. The molecule has 6 nitrogen and oxygen atoms in total. The van der Waals surface area contributed by atoms with E-state index >= 15 is 0 Å². The largest absolute Gasteiger partial charge is 0.497 e. The van der Waals surface area contributed by atoms with Crippen molar-refractivity contribution >= 4 is 5.91 Å². The molecule has 2 heterocycles. The van der Waals surface area contributed by atoms with Crippen LogP contribution in [0.15, 0.2) is 36.4 Å². The summed E-state index contributed by atoms with van der Waals surface area (Å²) in [5, 5.41) is 0. The maximum absolute atomic E-state index is 13.2. The van der Waals surface area contributed by atoms with Crippen molar-refractivity contribution in [3.8, 4) is 17.2 Å². The van der Waals surface area contributed by atoms with Gasteiger partial charge in [-0.15, -0.1) is 0 Å². The number of likely N-dealkylation sites (tertiary alicyclic amines) is 1. The van der Waals surface area contributed by atoms with Gasteiger partial charge in [0.2, 0.25) is 0 Å². The van der Waals surface area contributed by atoms with E-state index < -0.39 is 0 Å². The number of hydrogen-bond acceptors (Lipinski definition) is 5. The zero-order valence-corrected chi connectivity index (χ0v) is 21.6. The first kappa shape index (κ1) is 25.4. The number of unbranched alkanes of at least 4 members (excludes halogenated alkanes) is 1. The Morgan fingerprint density at radius 2 is 1.66 bits per heavy atom. The molecule has 0 aliphatic carbocycles. The third kappa shape index (κ3) is 6.29. The van der Waals surface area contributed by atoms with Crippen LogP contribution in [0, 0.1) is 0 Å². The molecule has 1 fully saturated rings. The minimum Gasteiger partial charge on any atom is -0.497 e. The molecule has 0 N–H and O–H groups in total. The lowest BCUT2D eigenvalue weighted by Crippen LogP contribution is -2.44. The predicted molar refractivity (Wildman–Crippen MR) is 139 cm³/mol. The number of carbonyl (C=O) groups is 1. The van der Waals surface area contributed by atoms with E-state index in [2.05, 4.69) is 17.0 Å². The molecule has 0 bridgehead atoms. The fraction of sp³-hybridized carbons (Fsp3) is 0.552. The maximum atomic E-state index is 13.2. The molecular weight excluding hydrogens is 440 g/mol. The molecule has 1 atom stereocenters. The Kier molecular flexibility index (Phi) is 8.91. The Balaban J connectivity index is 1.27. The van der Waals surface area contributed by atoms with Gasteiger partial charge in [-0.1, -0.05) is 18.6 Å². The topological polar surface area (TPSA) is 51.2 Å². The summed E-state index contributed by atoms with van der Waals surface area (Å²) < 4.78 is 16.1. The third-order valence-corrected chi connectivity index (χ3v) is 7.58. The van der Waals surface area contributed by atoms with Crippen LogP contribution in [0.5, 0.6) is 17.2 Å². The van der Waals surface area contributed by atoms with Gasteiger partial charge in [0.1, 0.15) is 5.75 Å². The second-order valence-corrected chi connectivity index (χ2v) is 9.69. The van der Waals surface area contributed by atoms with Gasteiger partial charge in [-0.05, 0) is 93.4 Å². The van der Waals surface area contributed by atoms with Gasteiger partial charge >= 0.3 is 0 Å². The van der Waals surface area contributed by atoms with Crippen molar-refractivity contribution in [2.24, 2.45) is 0 Å². The van der Waals surface area contributed by atoms with Crippen LogP contribution >= 0.6 is 0 Å². The predicted octanol–water partition coefficient (Wildman–Crippen LogP) is 4.98. The molecule has 0 spiro atoms. The molecule has 35 heavy (non-hydrogen) atoms. The molecule has 0 radical (unpaired) electrons. The summed E-state index contributed by atoms with van der Waals surface area (Å²) >= 11 is 0. The second-order valence-electron chi connectivity index (χ2n) is 9.69. The number of aryl methyl sites for hydroxylation is 1. The monoisotopic (exact) mass is 480 g/mol. The molecule has 1 saturated heterocycles.